The smallest absolute Gasteiger partial charge is 0.303 e. The molecule has 0 saturated carbocycles. The lowest BCUT2D eigenvalue weighted by molar-refractivity contribution is -0.137. The van der Waals surface area contributed by atoms with Crippen molar-refractivity contribution in [3.63, 3.8) is 0 Å². The molecule has 0 bridgehead atoms. The Hall–Kier alpha value is -2.88. The summed E-state index contributed by atoms with van der Waals surface area (Å²) < 4.78 is 6.20. The molecule has 1 aromatic heterocycles. The minimum absolute atomic E-state index is 0.265. The van der Waals surface area contributed by atoms with Crippen LogP contribution in [0.2, 0.25) is 0 Å². The van der Waals surface area contributed by atoms with E-state index in [2.05, 4.69) is 30.3 Å². The van der Waals surface area contributed by atoms with Gasteiger partial charge in [0, 0.05) is 11.8 Å². The summed E-state index contributed by atoms with van der Waals surface area (Å²) in [6.07, 6.45) is 6.41. The van der Waals surface area contributed by atoms with Gasteiger partial charge in [-0.05, 0) is 67.3 Å². The number of benzene rings is 2. The Morgan fingerprint density at radius 2 is 1.97 bits per heavy atom. The summed E-state index contributed by atoms with van der Waals surface area (Å²) in [6, 6.07) is 18.6. The number of unbranched alkanes of at least 4 members (excludes halogenated alkanes) is 1. The summed E-state index contributed by atoms with van der Waals surface area (Å²) in [5.41, 5.74) is 4.63. The van der Waals surface area contributed by atoms with Crippen LogP contribution in [0.4, 0.5) is 0 Å². The number of aliphatic carboxylic acids is 1. The summed E-state index contributed by atoms with van der Waals surface area (Å²) in [5, 5.41) is 9.97. The molecule has 2 aromatic carbocycles. The van der Waals surface area contributed by atoms with Crippen molar-refractivity contribution in [3.05, 3.63) is 71.4 Å². The maximum atomic E-state index is 10.7. The number of carboxylic acid groups (broad SMARTS) is 1. The molecular formula is C25H27NO3. The molecule has 0 aliphatic heterocycles. The summed E-state index contributed by atoms with van der Waals surface area (Å²) in [4.78, 5) is 15.4. The molecule has 3 aromatic rings. The van der Waals surface area contributed by atoms with E-state index in [1.54, 1.807) is 0 Å². The third kappa shape index (κ3) is 4.76. The Morgan fingerprint density at radius 1 is 1.07 bits per heavy atom. The van der Waals surface area contributed by atoms with Crippen LogP contribution in [0.15, 0.2) is 54.6 Å². The molecule has 4 rings (SSSR count). The molecule has 4 nitrogen and oxygen atoms in total. The fourth-order valence-electron chi connectivity index (χ4n) is 4.36. The van der Waals surface area contributed by atoms with Gasteiger partial charge in [0.05, 0.1) is 11.2 Å². The molecular weight excluding hydrogens is 362 g/mol. The molecule has 4 heteroatoms. The minimum Gasteiger partial charge on any atom is -0.487 e. The largest absolute Gasteiger partial charge is 0.487 e. The number of pyridine rings is 1. The number of aromatic nitrogens is 1. The second-order valence-corrected chi connectivity index (χ2v) is 7.84. The van der Waals surface area contributed by atoms with Crippen LogP contribution in [-0.4, -0.2) is 16.1 Å². The lowest BCUT2D eigenvalue weighted by Gasteiger charge is -2.27. The molecule has 1 N–H and O–H groups in total. The molecule has 0 amide bonds. The zero-order chi connectivity index (χ0) is 20.1. The topological polar surface area (TPSA) is 59.4 Å². The number of hydrogen-bond donors (Lipinski definition) is 1. The van der Waals surface area contributed by atoms with Crippen molar-refractivity contribution in [3.8, 4) is 5.75 Å². The first-order valence-corrected chi connectivity index (χ1v) is 10.5. The average Bonchev–Trinajstić information content (AvgIpc) is 2.75. The Balaban J connectivity index is 1.44. The van der Waals surface area contributed by atoms with E-state index in [0.717, 1.165) is 54.5 Å². The van der Waals surface area contributed by atoms with Gasteiger partial charge in [-0.3, -0.25) is 4.79 Å². The van der Waals surface area contributed by atoms with Gasteiger partial charge in [-0.1, -0.05) is 42.8 Å². The normalized spacial score (nSPS) is 15.8. The van der Waals surface area contributed by atoms with Gasteiger partial charge in [0.2, 0.25) is 0 Å². The zero-order valence-electron chi connectivity index (χ0n) is 16.6. The minimum atomic E-state index is -0.702. The zero-order valence-corrected chi connectivity index (χ0v) is 16.6. The molecule has 0 fully saturated rings. The Morgan fingerprint density at radius 3 is 2.86 bits per heavy atom. The van der Waals surface area contributed by atoms with E-state index in [1.165, 1.54) is 17.5 Å². The predicted octanol–water partition coefficient (Wildman–Crippen LogP) is 5.88. The number of nitrogens with zero attached hydrogens (tertiary/aromatic N) is 1. The van der Waals surface area contributed by atoms with E-state index in [4.69, 9.17) is 14.8 Å². The van der Waals surface area contributed by atoms with Crippen LogP contribution in [-0.2, 0) is 17.8 Å². The number of carboxylic acids is 1. The van der Waals surface area contributed by atoms with Gasteiger partial charge in [-0.15, -0.1) is 0 Å². The molecule has 150 valence electrons. The molecule has 1 aliphatic rings. The van der Waals surface area contributed by atoms with E-state index < -0.39 is 5.97 Å². The highest BCUT2D eigenvalue weighted by molar-refractivity contribution is 5.78. The Bertz CT molecular complexity index is 998. The first kappa shape index (κ1) is 19.4. The number of para-hydroxylation sites is 1. The molecule has 1 unspecified atom stereocenters. The molecule has 0 saturated heterocycles. The van der Waals surface area contributed by atoms with E-state index in [9.17, 15) is 4.79 Å². The lowest BCUT2D eigenvalue weighted by atomic mass is 9.80. The van der Waals surface area contributed by atoms with Gasteiger partial charge in [-0.2, -0.15) is 0 Å². The highest BCUT2D eigenvalue weighted by Crippen LogP contribution is 2.39. The van der Waals surface area contributed by atoms with Crippen LogP contribution in [0, 0.1) is 0 Å². The Kier molecular flexibility index (Phi) is 6.09. The molecule has 0 radical (unpaired) electrons. The monoisotopic (exact) mass is 389 g/mol. The van der Waals surface area contributed by atoms with Crippen molar-refractivity contribution in [2.75, 3.05) is 0 Å². The quantitative estimate of drug-likeness (QED) is 0.489. The number of hydrogen-bond acceptors (Lipinski definition) is 3. The molecule has 1 aliphatic carbocycles. The highest BCUT2D eigenvalue weighted by Gasteiger charge is 2.22. The van der Waals surface area contributed by atoms with Crippen LogP contribution in [0.3, 0.4) is 0 Å². The highest BCUT2D eigenvalue weighted by atomic mass is 16.5. The van der Waals surface area contributed by atoms with Crippen LogP contribution < -0.4 is 4.74 Å². The molecule has 0 spiro atoms. The lowest BCUT2D eigenvalue weighted by Crippen LogP contribution is -2.12. The van der Waals surface area contributed by atoms with Gasteiger partial charge >= 0.3 is 5.97 Å². The summed E-state index contributed by atoms with van der Waals surface area (Å²) in [5.74, 6) is 0.773. The average molecular weight is 389 g/mol. The van der Waals surface area contributed by atoms with Crippen molar-refractivity contribution in [1.82, 2.24) is 4.98 Å². The number of carbonyl (C=O) groups is 1. The van der Waals surface area contributed by atoms with Gasteiger partial charge in [0.15, 0.2) is 0 Å². The fourth-order valence-corrected chi connectivity index (χ4v) is 4.36. The van der Waals surface area contributed by atoms with E-state index >= 15 is 0 Å². The summed E-state index contributed by atoms with van der Waals surface area (Å²) in [6.45, 7) is 0.463. The molecule has 29 heavy (non-hydrogen) atoms. The summed E-state index contributed by atoms with van der Waals surface area (Å²) >= 11 is 0. The van der Waals surface area contributed by atoms with Crippen molar-refractivity contribution in [2.45, 2.75) is 57.5 Å². The van der Waals surface area contributed by atoms with Crippen LogP contribution in [0.5, 0.6) is 5.75 Å². The van der Waals surface area contributed by atoms with E-state index in [1.807, 2.05) is 24.3 Å². The van der Waals surface area contributed by atoms with Gasteiger partial charge < -0.3 is 9.84 Å². The standard InChI is InChI=1S/C25H27NO3/c27-25(28)14-4-2-7-18-9-5-11-22-21(18)10-6-13-24(22)29-17-20-16-15-19-8-1-3-12-23(19)26-20/h1,3,6,8,10,12-13,15-16,18H,2,4-5,7,9,11,14,17H2,(H,27,28). The van der Waals surface area contributed by atoms with Crippen molar-refractivity contribution >= 4 is 16.9 Å². The first-order valence-electron chi connectivity index (χ1n) is 10.5. The number of fused-ring (bicyclic) bond motifs is 2. The number of ether oxygens (including phenoxy) is 1. The Labute approximate surface area is 171 Å². The van der Waals surface area contributed by atoms with Crippen LogP contribution in [0.1, 0.15) is 61.3 Å². The molecule has 1 heterocycles. The summed E-state index contributed by atoms with van der Waals surface area (Å²) in [7, 11) is 0. The SMILES string of the molecule is O=C(O)CCCCC1CCCc2c(OCc3ccc4ccccc4n3)cccc21. The van der Waals surface area contributed by atoms with E-state index in [0.29, 0.717) is 12.5 Å². The number of rotatable bonds is 8. The van der Waals surface area contributed by atoms with Crippen LogP contribution >= 0.6 is 0 Å². The van der Waals surface area contributed by atoms with Crippen molar-refractivity contribution in [2.24, 2.45) is 0 Å². The van der Waals surface area contributed by atoms with Crippen molar-refractivity contribution in [1.29, 1.82) is 0 Å². The van der Waals surface area contributed by atoms with Gasteiger partial charge in [0.1, 0.15) is 12.4 Å². The predicted molar refractivity (Wildman–Crippen MR) is 114 cm³/mol. The molecule has 1 atom stereocenters. The second-order valence-electron chi connectivity index (χ2n) is 7.84. The maximum absolute atomic E-state index is 10.7. The van der Waals surface area contributed by atoms with Crippen LogP contribution in [0.25, 0.3) is 10.9 Å². The van der Waals surface area contributed by atoms with Gasteiger partial charge in [0.25, 0.3) is 0 Å². The fraction of sp³-hybridized carbons (Fsp3) is 0.360. The van der Waals surface area contributed by atoms with Gasteiger partial charge in [-0.25, -0.2) is 4.98 Å². The van der Waals surface area contributed by atoms with Crippen molar-refractivity contribution < 1.29 is 14.6 Å². The second kappa shape index (κ2) is 9.08. The van der Waals surface area contributed by atoms with E-state index in [-0.39, 0.29) is 6.42 Å². The third-order valence-corrected chi connectivity index (χ3v) is 5.81. The maximum Gasteiger partial charge on any atom is 0.303 e. The first-order chi connectivity index (χ1) is 14.2. The third-order valence-electron chi connectivity index (χ3n) is 5.81.